The van der Waals surface area contributed by atoms with E-state index in [-0.39, 0.29) is 11.3 Å². The highest BCUT2D eigenvalue weighted by molar-refractivity contribution is 7.91. The summed E-state index contributed by atoms with van der Waals surface area (Å²) in [5.41, 5.74) is 1.21. The minimum atomic E-state index is -2.94. The summed E-state index contributed by atoms with van der Waals surface area (Å²) < 4.78 is 29.3. The van der Waals surface area contributed by atoms with Gasteiger partial charge in [-0.1, -0.05) is 20.3 Å². The molecule has 3 atom stereocenters. The zero-order valence-electron chi connectivity index (χ0n) is 13.3. The van der Waals surface area contributed by atoms with Gasteiger partial charge in [0.15, 0.2) is 0 Å². The van der Waals surface area contributed by atoms with Gasteiger partial charge in [0.2, 0.25) is 0 Å². The Morgan fingerprint density at radius 1 is 1.38 bits per heavy atom. The van der Waals surface area contributed by atoms with E-state index in [2.05, 4.69) is 19.2 Å². The first-order chi connectivity index (χ1) is 9.97. The molecule has 5 heteroatoms. The van der Waals surface area contributed by atoms with Crippen LogP contribution >= 0.6 is 0 Å². The van der Waals surface area contributed by atoms with Gasteiger partial charge in [0.25, 0.3) is 0 Å². The molecule has 4 nitrogen and oxygen atoms in total. The highest BCUT2D eigenvalue weighted by Gasteiger charge is 2.34. The van der Waals surface area contributed by atoms with E-state index in [4.69, 9.17) is 4.42 Å². The first-order valence-electron chi connectivity index (χ1n) is 7.95. The van der Waals surface area contributed by atoms with E-state index in [9.17, 15) is 8.42 Å². The van der Waals surface area contributed by atoms with Crippen LogP contribution in [0.5, 0.6) is 0 Å². The Kier molecular flexibility index (Phi) is 5.49. The van der Waals surface area contributed by atoms with Gasteiger partial charge in [-0.2, -0.15) is 0 Å². The van der Waals surface area contributed by atoms with E-state index in [1.54, 1.807) is 6.26 Å². The average molecular weight is 313 g/mol. The normalized spacial score (nSPS) is 24.9. The first kappa shape index (κ1) is 16.6. The Bertz CT molecular complexity index is 550. The van der Waals surface area contributed by atoms with E-state index in [0.29, 0.717) is 5.92 Å². The fourth-order valence-electron chi connectivity index (χ4n) is 3.54. The molecule has 1 N–H and O–H groups in total. The number of hydrogen-bond donors (Lipinski definition) is 1. The van der Waals surface area contributed by atoms with Crippen molar-refractivity contribution < 1.29 is 12.8 Å². The SMILES string of the molecule is CCNC(c1ccoc1CC)C1CCCC(S(C)(=O)=O)C1. The van der Waals surface area contributed by atoms with Gasteiger partial charge in [-0.25, -0.2) is 8.42 Å². The second-order valence-electron chi connectivity index (χ2n) is 6.07. The van der Waals surface area contributed by atoms with E-state index < -0.39 is 9.84 Å². The molecule has 0 bridgehead atoms. The van der Waals surface area contributed by atoms with Crippen LogP contribution in [0.2, 0.25) is 0 Å². The highest BCUT2D eigenvalue weighted by Crippen LogP contribution is 2.38. The van der Waals surface area contributed by atoms with Crippen molar-refractivity contribution in [3.8, 4) is 0 Å². The molecule has 1 fully saturated rings. The van der Waals surface area contributed by atoms with Crippen LogP contribution in [0, 0.1) is 5.92 Å². The van der Waals surface area contributed by atoms with E-state index in [0.717, 1.165) is 44.4 Å². The summed E-state index contributed by atoms with van der Waals surface area (Å²) >= 11 is 0. The lowest BCUT2D eigenvalue weighted by atomic mass is 9.80. The van der Waals surface area contributed by atoms with Crippen LogP contribution in [0.3, 0.4) is 0 Å². The number of nitrogens with one attached hydrogen (secondary N) is 1. The van der Waals surface area contributed by atoms with Crippen molar-refractivity contribution in [3.63, 3.8) is 0 Å². The maximum absolute atomic E-state index is 11.9. The van der Waals surface area contributed by atoms with Crippen molar-refractivity contribution in [2.45, 2.75) is 57.2 Å². The Morgan fingerprint density at radius 3 is 2.76 bits per heavy atom. The molecule has 1 aromatic rings. The molecule has 0 radical (unpaired) electrons. The monoisotopic (exact) mass is 313 g/mol. The van der Waals surface area contributed by atoms with Gasteiger partial charge in [-0.3, -0.25) is 0 Å². The van der Waals surface area contributed by atoms with Gasteiger partial charge in [0.05, 0.1) is 11.5 Å². The van der Waals surface area contributed by atoms with Crippen molar-refractivity contribution >= 4 is 9.84 Å². The van der Waals surface area contributed by atoms with Crippen LogP contribution in [0.1, 0.15) is 56.9 Å². The summed E-state index contributed by atoms with van der Waals surface area (Å²) in [6.07, 6.45) is 7.62. The third-order valence-corrected chi connectivity index (χ3v) is 6.24. The summed E-state index contributed by atoms with van der Waals surface area (Å²) in [6.45, 7) is 5.06. The van der Waals surface area contributed by atoms with Crippen LogP contribution in [0.4, 0.5) is 0 Å². The first-order valence-corrected chi connectivity index (χ1v) is 9.91. The third kappa shape index (κ3) is 3.89. The molecule has 3 unspecified atom stereocenters. The molecule has 21 heavy (non-hydrogen) atoms. The number of hydrogen-bond acceptors (Lipinski definition) is 4. The molecule has 0 saturated heterocycles. The lowest BCUT2D eigenvalue weighted by Crippen LogP contribution is -2.35. The van der Waals surface area contributed by atoms with Gasteiger partial charge in [0, 0.05) is 24.3 Å². The van der Waals surface area contributed by atoms with Gasteiger partial charge >= 0.3 is 0 Å². The molecule has 2 rings (SSSR count). The van der Waals surface area contributed by atoms with Crippen molar-refractivity contribution in [1.82, 2.24) is 5.32 Å². The summed E-state index contributed by atoms with van der Waals surface area (Å²) in [5, 5.41) is 3.36. The zero-order chi connectivity index (χ0) is 15.5. The average Bonchev–Trinajstić information content (AvgIpc) is 2.92. The third-order valence-electron chi connectivity index (χ3n) is 4.60. The number of aryl methyl sites for hydroxylation is 1. The molecule has 120 valence electrons. The lowest BCUT2D eigenvalue weighted by Gasteiger charge is -2.34. The highest BCUT2D eigenvalue weighted by atomic mass is 32.2. The van der Waals surface area contributed by atoms with Crippen LogP contribution in [-0.2, 0) is 16.3 Å². The van der Waals surface area contributed by atoms with Crippen molar-refractivity contribution in [2.75, 3.05) is 12.8 Å². The molecule has 0 spiro atoms. The topological polar surface area (TPSA) is 59.3 Å². The predicted molar refractivity (Wildman–Crippen MR) is 85.1 cm³/mol. The standard InChI is InChI=1S/C16H27NO3S/c1-4-15-14(9-10-20-15)16(17-5-2)12-7-6-8-13(11-12)21(3,18)19/h9-10,12-13,16-17H,4-8,11H2,1-3H3. The molecule has 1 aliphatic rings. The smallest absolute Gasteiger partial charge is 0.150 e. The summed E-state index contributed by atoms with van der Waals surface area (Å²) in [6, 6.07) is 2.24. The number of furan rings is 1. The lowest BCUT2D eigenvalue weighted by molar-refractivity contribution is 0.273. The molecular weight excluding hydrogens is 286 g/mol. The molecule has 0 amide bonds. The Morgan fingerprint density at radius 2 is 2.14 bits per heavy atom. The van der Waals surface area contributed by atoms with Gasteiger partial charge in [0.1, 0.15) is 15.6 Å². The minimum Gasteiger partial charge on any atom is -0.469 e. The maximum atomic E-state index is 11.9. The summed E-state index contributed by atoms with van der Waals surface area (Å²) in [7, 11) is -2.94. The van der Waals surface area contributed by atoms with Gasteiger partial charge < -0.3 is 9.73 Å². The molecular formula is C16H27NO3S. The minimum absolute atomic E-state index is 0.186. The molecule has 0 aromatic carbocycles. The van der Waals surface area contributed by atoms with Crippen LogP contribution in [0.15, 0.2) is 16.7 Å². The molecule has 1 aliphatic carbocycles. The van der Waals surface area contributed by atoms with Crippen LogP contribution < -0.4 is 5.32 Å². The fraction of sp³-hybridized carbons (Fsp3) is 0.750. The van der Waals surface area contributed by atoms with Gasteiger partial charge in [-0.05, 0) is 37.8 Å². The summed E-state index contributed by atoms with van der Waals surface area (Å²) in [4.78, 5) is 0. The second-order valence-corrected chi connectivity index (χ2v) is 8.39. The van der Waals surface area contributed by atoms with E-state index >= 15 is 0 Å². The molecule has 1 aromatic heterocycles. The van der Waals surface area contributed by atoms with Crippen molar-refractivity contribution in [3.05, 3.63) is 23.7 Å². The van der Waals surface area contributed by atoms with Crippen molar-refractivity contribution in [2.24, 2.45) is 5.92 Å². The van der Waals surface area contributed by atoms with E-state index in [1.807, 2.05) is 6.07 Å². The fourth-order valence-corrected chi connectivity index (χ4v) is 4.73. The quantitative estimate of drug-likeness (QED) is 0.876. The predicted octanol–water partition coefficient (Wildman–Crippen LogP) is 3.10. The molecule has 1 saturated carbocycles. The largest absolute Gasteiger partial charge is 0.469 e. The van der Waals surface area contributed by atoms with Crippen LogP contribution in [0.25, 0.3) is 0 Å². The number of rotatable bonds is 6. The zero-order valence-corrected chi connectivity index (χ0v) is 14.1. The Balaban J connectivity index is 2.22. The maximum Gasteiger partial charge on any atom is 0.150 e. The molecule has 1 heterocycles. The van der Waals surface area contributed by atoms with E-state index in [1.165, 1.54) is 11.8 Å². The summed E-state index contributed by atoms with van der Waals surface area (Å²) in [5.74, 6) is 1.38. The van der Waals surface area contributed by atoms with Crippen molar-refractivity contribution in [1.29, 1.82) is 0 Å². The number of sulfone groups is 1. The van der Waals surface area contributed by atoms with Crippen LogP contribution in [-0.4, -0.2) is 26.5 Å². The second kappa shape index (κ2) is 6.97. The Hall–Kier alpha value is -0.810. The molecule has 0 aliphatic heterocycles. The van der Waals surface area contributed by atoms with Gasteiger partial charge in [-0.15, -0.1) is 0 Å². The Labute approximate surface area is 128 Å².